The Morgan fingerprint density at radius 2 is 1.17 bits per heavy atom. The van der Waals surface area contributed by atoms with Crippen molar-refractivity contribution in [3.05, 3.63) is 163 Å². The Balaban J connectivity index is 1.06. The SMILES string of the molecule is CC1(C)c2ccc(-c3nc(-c4ccccc4)nc(-c4ccc5sc6ccccc6c5c4)n3)cc2-c2ccc(-n3c4ccccc4c4cccnc43)cc21. The summed E-state index contributed by atoms with van der Waals surface area (Å²) < 4.78 is 4.83. The molecule has 0 amide bonds. The molecular formula is C47H31N5S. The number of thiophene rings is 1. The maximum absolute atomic E-state index is 5.17. The van der Waals surface area contributed by atoms with Gasteiger partial charge in [-0.15, -0.1) is 11.3 Å². The van der Waals surface area contributed by atoms with Gasteiger partial charge >= 0.3 is 0 Å². The highest BCUT2D eigenvalue weighted by molar-refractivity contribution is 7.25. The molecule has 1 aliphatic carbocycles. The molecule has 0 bridgehead atoms. The summed E-state index contributed by atoms with van der Waals surface area (Å²) in [6.45, 7) is 4.65. The monoisotopic (exact) mass is 697 g/mol. The van der Waals surface area contributed by atoms with E-state index in [0.717, 1.165) is 38.9 Å². The van der Waals surface area contributed by atoms with Crippen LogP contribution in [-0.2, 0) is 5.41 Å². The molecule has 10 aromatic rings. The molecule has 0 N–H and O–H groups in total. The number of pyridine rings is 1. The summed E-state index contributed by atoms with van der Waals surface area (Å²) in [5.41, 5.74) is 11.0. The first-order valence-electron chi connectivity index (χ1n) is 17.9. The average molecular weight is 698 g/mol. The molecule has 0 saturated carbocycles. The van der Waals surface area contributed by atoms with Crippen molar-refractivity contribution < 1.29 is 0 Å². The lowest BCUT2D eigenvalue weighted by Gasteiger charge is -2.22. The molecule has 1 aliphatic rings. The molecule has 53 heavy (non-hydrogen) atoms. The molecule has 4 aromatic heterocycles. The summed E-state index contributed by atoms with van der Waals surface area (Å²) >= 11 is 1.81. The molecule has 0 saturated heterocycles. The lowest BCUT2D eigenvalue weighted by atomic mass is 9.82. The Bertz CT molecular complexity index is 3050. The van der Waals surface area contributed by atoms with E-state index in [1.54, 1.807) is 0 Å². The van der Waals surface area contributed by atoms with E-state index in [-0.39, 0.29) is 5.41 Å². The molecule has 6 aromatic carbocycles. The molecule has 4 heterocycles. The molecule has 0 aliphatic heterocycles. The lowest BCUT2D eigenvalue weighted by Crippen LogP contribution is -2.15. The van der Waals surface area contributed by atoms with E-state index in [0.29, 0.717) is 17.5 Å². The minimum atomic E-state index is -0.205. The van der Waals surface area contributed by atoms with E-state index in [1.807, 2.05) is 41.8 Å². The van der Waals surface area contributed by atoms with Gasteiger partial charge in [0.2, 0.25) is 0 Å². The summed E-state index contributed by atoms with van der Waals surface area (Å²) in [6, 6.07) is 51.7. The number of aromatic nitrogens is 5. The van der Waals surface area contributed by atoms with Crippen LogP contribution < -0.4 is 0 Å². The van der Waals surface area contributed by atoms with Crippen LogP contribution in [0.1, 0.15) is 25.0 Å². The van der Waals surface area contributed by atoms with Crippen molar-refractivity contribution >= 4 is 53.4 Å². The quantitative estimate of drug-likeness (QED) is 0.184. The fourth-order valence-electron chi connectivity index (χ4n) is 8.29. The molecule has 250 valence electrons. The minimum absolute atomic E-state index is 0.205. The predicted molar refractivity (Wildman–Crippen MR) is 219 cm³/mol. The van der Waals surface area contributed by atoms with Crippen LogP contribution >= 0.6 is 11.3 Å². The third-order valence-electron chi connectivity index (χ3n) is 10.9. The van der Waals surface area contributed by atoms with Crippen molar-refractivity contribution in [2.75, 3.05) is 0 Å². The zero-order valence-electron chi connectivity index (χ0n) is 29.1. The van der Waals surface area contributed by atoms with Gasteiger partial charge in [-0.2, -0.15) is 0 Å². The molecule has 11 rings (SSSR count). The lowest BCUT2D eigenvalue weighted by molar-refractivity contribution is 0.660. The average Bonchev–Trinajstić information content (AvgIpc) is 3.83. The molecule has 0 unspecified atom stereocenters. The number of hydrogen-bond acceptors (Lipinski definition) is 5. The van der Waals surface area contributed by atoms with Crippen LogP contribution in [0.25, 0.3) is 93.1 Å². The molecule has 0 atom stereocenters. The van der Waals surface area contributed by atoms with Crippen molar-refractivity contribution in [2.45, 2.75) is 19.3 Å². The van der Waals surface area contributed by atoms with E-state index < -0.39 is 0 Å². The maximum Gasteiger partial charge on any atom is 0.164 e. The molecule has 5 nitrogen and oxygen atoms in total. The van der Waals surface area contributed by atoms with Crippen LogP contribution in [0.15, 0.2) is 152 Å². The summed E-state index contributed by atoms with van der Waals surface area (Å²) in [6.07, 6.45) is 1.88. The summed E-state index contributed by atoms with van der Waals surface area (Å²) in [5.74, 6) is 1.98. The van der Waals surface area contributed by atoms with Gasteiger partial charge in [0.05, 0.1) is 5.52 Å². The molecular weight excluding hydrogens is 667 g/mol. The van der Waals surface area contributed by atoms with Crippen LogP contribution in [0.2, 0.25) is 0 Å². The highest BCUT2D eigenvalue weighted by Crippen LogP contribution is 2.50. The number of fused-ring (bicyclic) bond motifs is 9. The molecule has 0 radical (unpaired) electrons. The summed E-state index contributed by atoms with van der Waals surface area (Å²) in [7, 11) is 0. The first kappa shape index (κ1) is 30.2. The van der Waals surface area contributed by atoms with Crippen molar-refractivity contribution in [1.82, 2.24) is 24.5 Å². The Morgan fingerprint density at radius 3 is 2.02 bits per heavy atom. The van der Waals surface area contributed by atoms with E-state index >= 15 is 0 Å². The number of nitrogens with zero attached hydrogens (tertiary/aromatic N) is 5. The second-order valence-corrected chi connectivity index (χ2v) is 15.4. The standard InChI is InChI=1S/C47H31N5S/c1-47(2)38-22-18-29(25-36(38)32-21-20-31(27-39(32)47)52-40-16-8-6-13-33(40)35-15-10-24-48-46(35)52)44-49-43(28-11-4-3-5-12-28)50-45(51-44)30-19-23-42-37(26-30)34-14-7-9-17-41(34)53-42/h3-27H,1-2H3. The Hall–Kier alpha value is -6.50. The van der Waals surface area contributed by atoms with Crippen LogP contribution in [0.4, 0.5) is 0 Å². The topological polar surface area (TPSA) is 56.5 Å². The highest BCUT2D eigenvalue weighted by atomic mass is 32.1. The van der Waals surface area contributed by atoms with Crippen LogP contribution in [0.3, 0.4) is 0 Å². The number of para-hydroxylation sites is 1. The van der Waals surface area contributed by atoms with Gasteiger partial charge in [0.1, 0.15) is 5.65 Å². The third kappa shape index (κ3) is 4.55. The normalized spacial score (nSPS) is 13.2. The minimum Gasteiger partial charge on any atom is -0.294 e. The predicted octanol–water partition coefficient (Wildman–Crippen LogP) is 12.0. The van der Waals surface area contributed by atoms with Crippen molar-refractivity contribution in [2.24, 2.45) is 0 Å². The second-order valence-electron chi connectivity index (χ2n) is 14.3. The van der Waals surface area contributed by atoms with Gasteiger partial charge in [-0.05, 0) is 82.9 Å². The van der Waals surface area contributed by atoms with Gasteiger partial charge in [0.25, 0.3) is 0 Å². The van der Waals surface area contributed by atoms with Gasteiger partial charge in [-0.3, -0.25) is 4.57 Å². The zero-order chi connectivity index (χ0) is 35.3. The largest absolute Gasteiger partial charge is 0.294 e. The second kappa shape index (κ2) is 11.2. The molecule has 0 spiro atoms. The van der Waals surface area contributed by atoms with Crippen molar-refractivity contribution in [3.63, 3.8) is 0 Å². The van der Waals surface area contributed by atoms with Crippen LogP contribution in [0.5, 0.6) is 0 Å². The fourth-order valence-corrected chi connectivity index (χ4v) is 9.38. The number of benzene rings is 6. The van der Waals surface area contributed by atoms with E-state index in [1.165, 1.54) is 47.8 Å². The van der Waals surface area contributed by atoms with Gasteiger partial charge in [0, 0.05) is 64.9 Å². The first-order valence-corrected chi connectivity index (χ1v) is 18.7. The van der Waals surface area contributed by atoms with E-state index in [2.05, 4.69) is 140 Å². The van der Waals surface area contributed by atoms with E-state index in [9.17, 15) is 0 Å². The zero-order valence-corrected chi connectivity index (χ0v) is 29.9. The highest BCUT2D eigenvalue weighted by Gasteiger charge is 2.36. The molecule has 0 fully saturated rings. The van der Waals surface area contributed by atoms with Gasteiger partial charge in [0.15, 0.2) is 17.5 Å². The Morgan fingerprint density at radius 1 is 0.491 bits per heavy atom. The Labute approximate surface area is 309 Å². The van der Waals surface area contributed by atoms with Gasteiger partial charge < -0.3 is 0 Å². The van der Waals surface area contributed by atoms with E-state index in [4.69, 9.17) is 19.9 Å². The van der Waals surface area contributed by atoms with Crippen molar-refractivity contribution in [1.29, 1.82) is 0 Å². The van der Waals surface area contributed by atoms with Gasteiger partial charge in [-0.1, -0.05) is 98.8 Å². The fraction of sp³-hybridized carbons (Fsp3) is 0.0638. The third-order valence-corrected chi connectivity index (χ3v) is 12.1. The number of rotatable bonds is 4. The van der Waals surface area contributed by atoms with Crippen LogP contribution in [-0.4, -0.2) is 24.5 Å². The number of hydrogen-bond donors (Lipinski definition) is 0. The maximum atomic E-state index is 5.17. The smallest absolute Gasteiger partial charge is 0.164 e. The summed E-state index contributed by atoms with van der Waals surface area (Å²) in [4.78, 5) is 20.2. The van der Waals surface area contributed by atoms with Gasteiger partial charge in [-0.25, -0.2) is 19.9 Å². The molecule has 6 heteroatoms. The van der Waals surface area contributed by atoms with Crippen molar-refractivity contribution in [3.8, 4) is 51.0 Å². The summed E-state index contributed by atoms with van der Waals surface area (Å²) in [5, 5.41) is 4.84. The van der Waals surface area contributed by atoms with Crippen LogP contribution in [0, 0.1) is 0 Å². The Kier molecular flexibility index (Phi) is 6.40. The first-order chi connectivity index (χ1) is 26.0.